The van der Waals surface area contributed by atoms with Gasteiger partial charge in [0.15, 0.2) is 0 Å². The Morgan fingerprint density at radius 1 is 1.04 bits per heavy atom. The Bertz CT molecular complexity index is 840. The number of urea groups is 1. The van der Waals surface area contributed by atoms with Crippen molar-refractivity contribution in [2.75, 3.05) is 11.9 Å². The van der Waals surface area contributed by atoms with Crippen LogP contribution in [-0.4, -0.2) is 24.4 Å². The number of benzene rings is 2. The predicted molar refractivity (Wildman–Crippen MR) is 104 cm³/mol. The Morgan fingerprint density at radius 3 is 2.43 bits per heavy atom. The maximum absolute atomic E-state index is 12.8. The van der Waals surface area contributed by atoms with Gasteiger partial charge in [0.05, 0.1) is 12.6 Å². The molecule has 8 heteroatoms. The van der Waals surface area contributed by atoms with Gasteiger partial charge in [0.2, 0.25) is 11.8 Å². The Kier molecular flexibility index (Phi) is 7.50. The van der Waals surface area contributed by atoms with E-state index in [-0.39, 0.29) is 36.8 Å². The summed E-state index contributed by atoms with van der Waals surface area (Å²) in [6.07, 6.45) is 0. The first kappa shape index (κ1) is 20.9. The van der Waals surface area contributed by atoms with Crippen molar-refractivity contribution in [2.24, 2.45) is 0 Å². The van der Waals surface area contributed by atoms with E-state index >= 15 is 0 Å². The fourth-order valence-electron chi connectivity index (χ4n) is 2.47. The van der Waals surface area contributed by atoms with Gasteiger partial charge in [-0.25, -0.2) is 9.18 Å². The molecule has 0 aliphatic rings. The summed E-state index contributed by atoms with van der Waals surface area (Å²) in [5.74, 6) is -0.874. The van der Waals surface area contributed by atoms with Gasteiger partial charge in [-0.1, -0.05) is 24.3 Å². The van der Waals surface area contributed by atoms with E-state index in [0.717, 1.165) is 11.1 Å². The highest BCUT2D eigenvalue weighted by molar-refractivity contribution is 5.88. The molecule has 0 saturated heterocycles. The molecule has 0 heterocycles. The minimum Gasteiger partial charge on any atom is -0.348 e. The number of rotatable bonds is 7. The van der Waals surface area contributed by atoms with Crippen LogP contribution < -0.4 is 21.3 Å². The standard InChI is InChI=1S/C20H23FN4O3/c1-13(16-4-3-5-18(10-16)25-14(2)26)24-19(27)12-23-20(28)22-11-15-6-8-17(21)9-7-15/h3-10,13H,11-12H2,1-2H3,(H,24,27)(H,25,26)(H2,22,23,28). The zero-order valence-electron chi connectivity index (χ0n) is 15.7. The van der Waals surface area contributed by atoms with E-state index in [2.05, 4.69) is 21.3 Å². The van der Waals surface area contributed by atoms with Crippen molar-refractivity contribution < 1.29 is 18.8 Å². The maximum Gasteiger partial charge on any atom is 0.315 e. The summed E-state index contributed by atoms with van der Waals surface area (Å²) in [4.78, 5) is 35.0. The first-order valence-electron chi connectivity index (χ1n) is 8.76. The summed E-state index contributed by atoms with van der Waals surface area (Å²) in [7, 11) is 0. The third-order valence-corrected chi connectivity index (χ3v) is 3.86. The molecule has 7 nitrogen and oxygen atoms in total. The van der Waals surface area contributed by atoms with E-state index in [1.54, 1.807) is 37.3 Å². The van der Waals surface area contributed by atoms with Crippen LogP contribution in [0.25, 0.3) is 0 Å². The summed E-state index contributed by atoms with van der Waals surface area (Å²) in [6.45, 7) is 3.26. The molecular formula is C20H23FN4O3. The van der Waals surface area contributed by atoms with Crippen molar-refractivity contribution in [3.05, 3.63) is 65.5 Å². The van der Waals surface area contributed by atoms with Gasteiger partial charge >= 0.3 is 6.03 Å². The van der Waals surface area contributed by atoms with Crippen LogP contribution >= 0.6 is 0 Å². The summed E-state index contributed by atoms with van der Waals surface area (Å²) in [5.41, 5.74) is 2.21. The van der Waals surface area contributed by atoms with Crippen LogP contribution in [0, 0.1) is 5.82 Å². The fraction of sp³-hybridized carbons (Fsp3) is 0.250. The Morgan fingerprint density at radius 2 is 1.75 bits per heavy atom. The van der Waals surface area contributed by atoms with Crippen molar-refractivity contribution in [1.82, 2.24) is 16.0 Å². The van der Waals surface area contributed by atoms with Crippen LogP contribution in [0.1, 0.15) is 31.0 Å². The predicted octanol–water partition coefficient (Wildman–Crippen LogP) is 2.46. The second-order valence-corrected chi connectivity index (χ2v) is 6.26. The Labute approximate surface area is 162 Å². The van der Waals surface area contributed by atoms with E-state index in [1.165, 1.54) is 19.1 Å². The zero-order valence-corrected chi connectivity index (χ0v) is 15.7. The molecule has 0 fully saturated rings. The lowest BCUT2D eigenvalue weighted by Crippen LogP contribution is -2.42. The van der Waals surface area contributed by atoms with Crippen LogP contribution in [-0.2, 0) is 16.1 Å². The number of carbonyl (C=O) groups is 3. The number of carbonyl (C=O) groups excluding carboxylic acids is 3. The van der Waals surface area contributed by atoms with Gasteiger partial charge in [-0.2, -0.15) is 0 Å². The third kappa shape index (κ3) is 7.06. The molecule has 0 aromatic heterocycles. The summed E-state index contributed by atoms with van der Waals surface area (Å²) < 4.78 is 12.8. The Balaban J connectivity index is 1.76. The van der Waals surface area contributed by atoms with E-state index in [1.807, 2.05) is 6.07 Å². The molecule has 0 spiro atoms. The summed E-state index contributed by atoms with van der Waals surface area (Å²) in [6, 6.07) is 12.1. The van der Waals surface area contributed by atoms with Crippen LogP contribution in [0.2, 0.25) is 0 Å². The number of nitrogens with one attached hydrogen (secondary N) is 4. The molecule has 28 heavy (non-hydrogen) atoms. The minimum atomic E-state index is -0.500. The minimum absolute atomic E-state index is 0.176. The fourth-order valence-corrected chi connectivity index (χ4v) is 2.47. The molecule has 2 rings (SSSR count). The zero-order chi connectivity index (χ0) is 20.5. The van der Waals surface area contributed by atoms with Gasteiger partial charge in [0.25, 0.3) is 0 Å². The molecule has 0 saturated carbocycles. The van der Waals surface area contributed by atoms with Crippen molar-refractivity contribution >= 4 is 23.5 Å². The lowest BCUT2D eigenvalue weighted by atomic mass is 10.1. The number of hydrogen-bond acceptors (Lipinski definition) is 3. The van der Waals surface area contributed by atoms with Crippen molar-refractivity contribution in [1.29, 1.82) is 0 Å². The number of anilines is 1. The van der Waals surface area contributed by atoms with Gasteiger partial charge in [-0.05, 0) is 42.3 Å². The molecule has 4 amide bonds. The highest BCUT2D eigenvalue weighted by Gasteiger charge is 2.11. The van der Waals surface area contributed by atoms with E-state index in [9.17, 15) is 18.8 Å². The molecule has 1 unspecified atom stereocenters. The molecule has 0 bridgehead atoms. The van der Waals surface area contributed by atoms with Gasteiger partial charge in [0.1, 0.15) is 5.82 Å². The summed E-state index contributed by atoms with van der Waals surface area (Å²) in [5, 5.41) is 10.5. The number of halogens is 1. The SMILES string of the molecule is CC(=O)Nc1cccc(C(C)NC(=O)CNC(=O)NCc2ccc(F)cc2)c1. The van der Waals surface area contributed by atoms with E-state index in [0.29, 0.717) is 5.69 Å². The van der Waals surface area contributed by atoms with Gasteiger partial charge in [0, 0.05) is 19.2 Å². The van der Waals surface area contributed by atoms with Crippen LogP contribution in [0.4, 0.5) is 14.9 Å². The molecule has 1 atom stereocenters. The lowest BCUT2D eigenvalue weighted by Gasteiger charge is -2.16. The molecule has 2 aromatic rings. The molecule has 148 valence electrons. The number of hydrogen-bond donors (Lipinski definition) is 4. The second kappa shape index (κ2) is 10.1. The monoisotopic (exact) mass is 386 g/mol. The molecule has 4 N–H and O–H groups in total. The normalized spacial score (nSPS) is 11.2. The largest absolute Gasteiger partial charge is 0.348 e. The van der Waals surface area contributed by atoms with Gasteiger partial charge in [-0.15, -0.1) is 0 Å². The average molecular weight is 386 g/mol. The first-order chi connectivity index (χ1) is 13.3. The molecule has 0 radical (unpaired) electrons. The van der Waals surface area contributed by atoms with E-state index in [4.69, 9.17) is 0 Å². The number of amides is 4. The second-order valence-electron chi connectivity index (χ2n) is 6.26. The molecule has 0 aliphatic heterocycles. The smallest absolute Gasteiger partial charge is 0.315 e. The van der Waals surface area contributed by atoms with Crippen molar-refractivity contribution in [2.45, 2.75) is 26.4 Å². The third-order valence-electron chi connectivity index (χ3n) is 3.86. The maximum atomic E-state index is 12.8. The molecule has 0 aliphatic carbocycles. The van der Waals surface area contributed by atoms with E-state index < -0.39 is 6.03 Å². The summed E-state index contributed by atoms with van der Waals surface area (Å²) >= 11 is 0. The topological polar surface area (TPSA) is 99.3 Å². The highest BCUT2D eigenvalue weighted by Crippen LogP contribution is 2.17. The highest BCUT2D eigenvalue weighted by atomic mass is 19.1. The average Bonchev–Trinajstić information content (AvgIpc) is 2.65. The molecule has 2 aromatic carbocycles. The van der Waals surface area contributed by atoms with Crippen LogP contribution in [0.5, 0.6) is 0 Å². The van der Waals surface area contributed by atoms with Crippen LogP contribution in [0.3, 0.4) is 0 Å². The van der Waals surface area contributed by atoms with Gasteiger partial charge in [-0.3, -0.25) is 9.59 Å². The Hall–Kier alpha value is -3.42. The lowest BCUT2D eigenvalue weighted by molar-refractivity contribution is -0.120. The van der Waals surface area contributed by atoms with Gasteiger partial charge < -0.3 is 21.3 Å². The quantitative estimate of drug-likeness (QED) is 0.588. The first-order valence-corrected chi connectivity index (χ1v) is 8.76. The van der Waals surface area contributed by atoms with Crippen molar-refractivity contribution in [3.8, 4) is 0 Å². The van der Waals surface area contributed by atoms with Crippen LogP contribution in [0.15, 0.2) is 48.5 Å². The van der Waals surface area contributed by atoms with Crippen molar-refractivity contribution in [3.63, 3.8) is 0 Å². The molecular weight excluding hydrogens is 363 g/mol.